The average Bonchev–Trinajstić information content (AvgIpc) is 3.36. The summed E-state index contributed by atoms with van der Waals surface area (Å²) in [5, 5.41) is 15.2. The van der Waals surface area contributed by atoms with Gasteiger partial charge in [-0.25, -0.2) is 4.99 Å². The zero-order valence-electron chi connectivity index (χ0n) is 17.2. The molecule has 162 valence electrons. The molecule has 10 heteroatoms. The van der Waals surface area contributed by atoms with E-state index < -0.39 is 0 Å². The van der Waals surface area contributed by atoms with Crippen LogP contribution in [0.1, 0.15) is 44.0 Å². The summed E-state index contributed by atoms with van der Waals surface area (Å²) in [6.07, 6.45) is 0.567. The van der Waals surface area contributed by atoms with Gasteiger partial charge in [0.2, 0.25) is 11.7 Å². The van der Waals surface area contributed by atoms with E-state index in [4.69, 9.17) is 20.6 Å². The minimum absolute atomic E-state index is 0. The van der Waals surface area contributed by atoms with Crippen molar-refractivity contribution >= 4 is 41.5 Å². The van der Waals surface area contributed by atoms with Gasteiger partial charge in [-0.05, 0) is 25.0 Å². The lowest BCUT2D eigenvalue weighted by molar-refractivity contribution is 0.375. The first kappa shape index (κ1) is 24.1. The third-order valence-corrected chi connectivity index (χ3v) is 4.32. The Balaban J connectivity index is 0.00000320. The maximum Gasteiger partial charge on any atom is 0.228 e. The Kier molecular flexibility index (Phi) is 9.57. The van der Waals surface area contributed by atoms with E-state index in [1.165, 1.54) is 0 Å². The average molecular weight is 545 g/mol. The maximum absolute atomic E-state index is 6.01. The highest BCUT2D eigenvalue weighted by Crippen LogP contribution is 2.20. The normalized spacial score (nSPS) is 11.4. The third-order valence-electron chi connectivity index (χ3n) is 4.09. The number of nitrogens with one attached hydrogen (secondary N) is 2. The SMILES string of the molecule is CCNC(=NCc1cc(C(C)C)no1)NCCc1nc(-c2cccc(Cl)c2)no1.I. The topological polar surface area (TPSA) is 101 Å². The van der Waals surface area contributed by atoms with Crippen molar-refractivity contribution < 1.29 is 9.05 Å². The Bertz CT molecular complexity index is 956. The van der Waals surface area contributed by atoms with Crippen LogP contribution >= 0.6 is 35.6 Å². The highest BCUT2D eigenvalue weighted by molar-refractivity contribution is 14.0. The zero-order chi connectivity index (χ0) is 20.6. The third kappa shape index (κ3) is 6.98. The van der Waals surface area contributed by atoms with Crippen LogP contribution in [0.3, 0.4) is 0 Å². The van der Waals surface area contributed by atoms with Gasteiger partial charge in [0.05, 0.1) is 5.69 Å². The molecule has 0 aliphatic carbocycles. The molecule has 0 bridgehead atoms. The second kappa shape index (κ2) is 11.9. The minimum Gasteiger partial charge on any atom is -0.359 e. The van der Waals surface area contributed by atoms with Crippen LogP contribution in [0, 0.1) is 0 Å². The first-order valence-electron chi connectivity index (χ1n) is 9.61. The van der Waals surface area contributed by atoms with E-state index in [0.29, 0.717) is 48.1 Å². The molecule has 0 radical (unpaired) electrons. The number of aliphatic imine (C=N–C) groups is 1. The number of aromatic nitrogens is 3. The molecule has 0 saturated carbocycles. The summed E-state index contributed by atoms with van der Waals surface area (Å²) in [7, 11) is 0. The number of hydrogen-bond acceptors (Lipinski definition) is 6. The largest absolute Gasteiger partial charge is 0.359 e. The Hall–Kier alpha value is -2.14. The zero-order valence-corrected chi connectivity index (χ0v) is 20.3. The summed E-state index contributed by atoms with van der Waals surface area (Å²) in [6, 6.07) is 9.29. The second-order valence-corrected chi connectivity index (χ2v) is 7.20. The van der Waals surface area contributed by atoms with E-state index in [2.05, 4.69) is 44.8 Å². The van der Waals surface area contributed by atoms with Crippen LogP contribution < -0.4 is 10.6 Å². The molecule has 0 atom stereocenters. The monoisotopic (exact) mass is 544 g/mol. The predicted molar refractivity (Wildman–Crippen MR) is 127 cm³/mol. The number of hydrogen-bond donors (Lipinski definition) is 2. The van der Waals surface area contributed by atoms with E-state index in [0.717, 1.165) is 23.6 Å². The van der Waals surface area contributed by atoms with Gasteiger partial charge in [0.15, 0.2) is 11.7 Å². The van der Waals surface area contributed by atoms with Crippen LogP contribution in [0.5, 0.6) is 0 Å². The quantitative estimate of drug-likeness (QED) is 0.246. The molecule has 30 heavy (non-hydrogen) atoms. The van der Waals surface area contributed by atoms with Crippen LogP contribution in [0.15, 0.2) is 44.4 Å². The van der Waals surface area contributed by atoms with Crippen molar-refractivity contribution in [3.05, 3.63) is 52.7 Å². The molecule has 8 nitrogen and oxygen atoms in total. The molecule has 2 heterocycles. The van der Waals surface area contributed by atoms with Crippen molar-refractivity contribution in [2.75, 3.05) is 13.1 Å². The van der Waals surface area contributed by atoms with Crippen LogP contribution in [0.25, 0.3) is 11.4 Å². The van der Waals surface area contributed by atoms with Crippen LogP contribution in [0.2, 0.25) is 5.02 Å². The minimum atomic E-state index is 0. The Morgan fingerprint density at radius 1 is 1.17 bits per heavy atom. The summed E-state index contributed by atoms with van der Waals surface area (Å²) in [5.41, 5.74) is 1.75. The van der Waals surface area contributed by atoms with Crippen molar-refractivity contribution in [1.29, 1.82) is 0 Å². The molecule has 2 N–H and O–H groups in total. The smallest absolute Gasteiger partial charge is 0.228 e. The molecule has 0 aliphatic rings. The molecule has 2 aromatic heterocycles. The Morgan fingerprint density at radius 3 is 2.70 bits per heavy atom. The summed E-state index contributed by atoms with van der Waals surface area (Å²) in [5.74, 6) is 2.81. The standard InChI is InChI=1S/C20H25ClN6O2.HI/c1-4-22-20(24-12-16-11-17(13(2)3)26-28-16)23-9-8-18-25-19(27-29-18)14-6-5-7-15(21)10-14;/h5-7,10-11,13H,4,8-9,12H2,1-3H3,(H2,22,23,24);1H. The summed E-state index contributed by atoms with van der Waals surface area (Å²) < 4.78 is 10.7. The van der Waals surface area contributed by atoms with Gasteiger partial charge < -0.3 is 19.7 Å². The number of benzene rings is 1. The Labute approximate surface area is 197 Å². The van der Waals surface area contributed by atoms with Gasteiger partial charge in [0, 0.05) is 36.2 Å². The summed E-state index contributed by atoms with van der Waals surface area (Å²) in [6.45, 7) is 7.92. The van der Waals surface area contributed by atoms with Gasteiger partial charge in [-0.1, -0.05) is 47.9 Å². The van der Waals surface area contributed by atoms with E-state index >= 15 is 0 Å². The van der Waals surface area contributed by atoms with Gasteiger partial charge in [-0.15, -0.1) is 24.0 Å². The molecular weight excluding hydrogens is 519 g/mol. The van der Waals surface area contributed by atoms with E-state index in [1.807, 2.05) is 25.1 Å². The van der Waals surface area contributed by atoms with Gasteiger partial charge in [-0.3, -0.25) is 0 Å². The van der Waals surface area contributed by atoms with E-state index in [9.17, 15) is 0 Å². The van der Waals surface area contributed by atoms with Gasteiger partial charge in [-0.2, -0.15) is 4.98 Å². The highest BCUT2D eigenvalue weighted by atomic mass is 127. The van der Waals surface area contributed by atoms with Crippen LogP contribution in [-0.4, -0.2) is 34.3 Å². The molecule has 0 aliphatic heterocycles. The fourth-order valence-corrected chi connectivity index (χ4v) is 2.75. The van der Waals surface area contributed by atoms with Crippen molar-refractivity contribution in [2.24, 2.45) is 4.99 Å². The summed E-state index contributed by atoms with van der Waals surface area (Å²) >= 11 is 6.01. The Morgan fingerprint density at radius 2 is 2.00 bits per heavy atom. The van der Waals surface area contributed by atoms with Crippen LogP contribution in [-0.2, 0) is 13.0 Å². The summed E-state index contributed by atoms with van der Waals surface area (Å²) in [4.78, 5) is 8.95. The van der Waals surface area contributed by atoms with Gasteiger partial charge in [0.1, 0.15) is 6.54 Å². The lowest BCUT2D eigenvalue weighted by Gasteiger charge is -2.09. The molecule has 3 rings (SSSR count). The lowest BCUT2D eigenvalue weighted by atomic mass is 10.1. The fourth-order valence-electron chi connectivity index (χ4n) is 2.56. The number of guanidine groups is 1. The van der Waals surface area contributed by atoms with Crippen molar-refractivity contribution in [1.82, 2.24) is 25.9 Å². The molecule has 0 fully saturated rings. The molecule has 0 unspecified atom stereocenters. The number of rotatable bonds is 8. The maximum atomic E-state index is 6.01. The molecule has 0 saturated heterocycles. The molecule has 1 aromatic carbocycles. The molecular formula is C20H26ClIN6O2. The number of halogens is 2. The number of nitrogens with zero attached hydrogens (tertiary/aromatic N) is 4. The van der Waals surface area contributed by atoms with Crippen molar-refractivity contribution in [2.45, 2.75) is 39.7 Å². The van der Waals surface area contributed by atoms with Crippen molar-refractivity contribution in [3.8, 4) is 11.4 Å². The highest BCUT2D eigenvalue weighted by Gasteiger charge is 2.10. The van der Waals surface area contributed by atoms with Gasteiger partial charge >= 0.3 is 0 Å². The predicted octanol–water partition coefficient (Wildman–Crippen LogP) is 4.42. The first-order valence-corrected chi connectivity index (χ1v) is 9.99. The first-order chi connectivity index (χ1) is 14.0. The molecule has 0 spiro atoms. The molecule has 0 amide bonds. The van der Waals surface area contributed by atoms with Crippen LogP contribution in [0.4, 0.5) is 0 Å². The fraction of sp³-hybridized carbons (Fsp3) is 0.400. The second-order valence-electron chi connectivity index (χ2n) is 6.77. The molecule has 3 aromatic rings. The van der Waals surface area contributed by atoms with Gasteiger partial charge in [0.25, 0.3) is 0 Å². The van der Waals surface area contributed by atoms with E-state index in [-0.39, 0.29) is 24.0 Å². The lowest BCUT2D eigenvalue weighted by Crippen LogP contribution is -2.38. The van der Waals surface area contributed by atoms with E-state index in [1.54, 1.807) is 12.1 Å². The van der Waals surface area contributed by atoms with Crippen molar-refractivity contribution in [3.63, 3.8) is 0 Å².